The van der Waals surface area contributed by atoms with Gasteiger partial charge in [-0.25, -0.2) is 4.98 Å². The van der Waals surface area contributed by atoms with Gasteiger partial charge in [0.25, 0.3) is 0 Å². The Labute approximate surface area is 155 Å². The van der Waals surface area contributed by atoms with Crippen LogP contribution in [0.3, 0.4) is 0 Å². The van der Waals surface area contributed by atoms with Crippen molar-refractivity contribution in [1.82, 2.24) is 15.2 Å². The molecule has 4 rings (SSSR count). The number of anilines is 1. The van der Waals surface area contributed by atoms with Gasteiger partial charge in [0, 0.05) is 22.3 Å². The van der Waals surface area contributed by atoms with Gasteiger partial charge in [0.2, 0.25) is 0 Å². The second-order valence-corrected chi connectivity index (χ2v) is 6.95. The molecule has 0 saturated carbocycles. The van der Waals surface area contributed by atoms with Crippen LogP contribution in [0.2, 0.25) is 0 Å². The average Bonchev–Trinajstić information content (AvgIpc) is 3.15. The van der Waals surface area contributed by atoms with Crippen molar-refractivity contribution in [3.8, 4) is 16.3 Å². The first-order chi connectivity index (χ1) is 12.7. The molecular formula is C20H18N4OS. The van der Waals surface area contributed by atoms with Crippen LogP contribution < -0.4 is 10.1 Å². The molecule has 0 saturated heterocycles. The van der Waals surface area contributed by atoms with Crippen LogP contribution >= 0.6 is 11.3 Å². The first-order valence-electron chi connectivity index (χ1n) is 8.30. The topological polar surface area (TPSA) is 59.9 Å². The monoisotopic (exact) mass is 362 g/mol. The second kappa shape index (κ2) is 7.09. The van der Waals surface area contributed by atoms with Gasteiger partial charge in [0.1, 0.15) is 21.3 Å². The summed E-state index contributed by atoms with van der Waals surface area (Å²) < 4.78 is 5.44. The van der Waals surface area contributed by atoms with Gasteiger partial charge in [-0.05, 0) is 19.1 Å². The molecule has 130 valence electrons. The third-order valence-corrected chi connectivity index (χ3v) is 5.04. The summed E-state index contributed by atoms with van der Waals surface area (Å²) in [5.74, 6) is 0.775. The van der Waals surface area contributed by atoms with E-state index < -0.39 is 0 Å². The molecule has 1 N–H and O–H groups in total. The number of hydrogen-bond donors (Lipinski definition) is 1. The number of aryl methyl sites for hydroxylation is 1. The number of nitrogens with one attached hydrogen (secondary N) is 1. The summed E-state index contributed by atoms with van der Waals surface area (Å²) >= 11 is 1.60. The molecule has 0 spiro atoms. The van der Waals surface area contributed by atoms with Crippen molar-refractivity contribution in [1.29, 1.82) is 0 Å². The van der Waals surface area contributed by atoms with E-state index in [1.807, 2.05) is 61.5 Å². The Morgan fingerprint density at radius 1 is 1.04 bits per heavy atom. The van der Waals surface area contributed by atoms with Gasteiger partial charge in [0.05, 0.1) is 13.7 Å². The van der Waals surface area contributed by atoms with Crippen LogP contribution in [0.5, 0.6) is 5.75 Å². The Bertz CT molecular complexity index is 1050. The maximum atomic E-state index is 5.44. The Kier molecular flexibility index (Phi) is 4.50. The molecule has 0 bridgehead atoms. The number of fused-ring (bicyclic) bond motifs is 1. The zero-order valence-corrected chi connectivity index (χ0v) is 15.4. The number of nitrogens with zero attached hydrogens (tertiary/aromatic N) is 3. The number of benzene rings is 2. The fourth-order valence-corrected chi connectivity index (χ4v) is 3.64. The van der Waals surface area contributed by atoms with Crippen LogP contribution in [-0.2, 0) is 6.54 Å². The van der Waals surface area contributed by atoms with E-state index in [2.05, 4.69) is 20.5 Å². The number of aromatic nitrogens is 3. The predicted octanol–water partition coefficient (Wildman–Crippen LogP) is 4.68. The number of pyridine rings is 1. The highest BCUT2D eigenvalue weighted by Gasteiger charge is 2.10. The number of methoxy groups -OCH3 is 1. The summed E-state index contributed by atoms with van der Waals surface area (Å²) in [4.78, 5) is 4.62. The molecule has 0 fully saturated rings. The highest BCUT2D eigenvalue weighted by molar-refractivity contribution is 7.14. The lowest BCUT2D eigenvalue weighted by Crippen LogP contribution is -2.01. The van der Waals surface area contributed by atoms with E-state index in [0.717, 1.165) is 43.6 Å². The van der Waals surface area contributed by atoms with E-state index in [0.29, 0.717) is 6.54 Å². The van der Waals surface area contributed by atoms with Crippen molar-refractivity contribution in [3.05, 3.63) is 65.3 Å². The summed E-state index contributed by atoms with van der Waals surface area (Å²) in [5, 5.41) is 15.0. The number of hydrogen-bond acceptors (Lipinski definition) is 6. The van der Waals surface area contributed by atoms with Crippen LogP contribution in [0, 0.1) is 6.92 Å². The first-order valence-corrected chi connectivity index (χ1v) is 9.12. The van der Waals surface area contributed by atoms with Crippen molar-refractivity contribution in [2.45, 2.75) is 13.5 Å². The zero-order valence-electron chi connectivity index (χ0n) is 14.6. The van der Waals surface area contributed by atoms with Gasteiger partial charge in [-0.15, -0.1) is 10.2 Å². The molecule has 26 heavy (non-hydrogen) atoms. The maximum Gasteiger partial charge on any atom is 0.147 e. The van der Waals surface area contributed by atoms with Crippen molar-refractivity contribution < 1.29 is 4.74 Å². The zero-order chi connectivity index (χ0) is 17.9. The van der Waals surface area contributed by atoms with Gasteiger partial charge in [0.15, 0.2) is 0 Å². The van der Waals surface area contributed by atoms with Gasteiger partial charge >= 0.3 is 0 Å². The maximum absolute atomic E-state index is 5.44. The molecule has 0 atom stereocenters. The molecule has 0 radical (unpaired) electrons. The van der Waals surface area contributed by atoms with Crippen molar-refractivity contribution in [2.24, 2.45) is 0 Å². The van der Waals surface area contributed by atoms with Gasteiger partial charge in [-0.2, -0.15) is 0 Å². The first kappa shape index (κ1) is 16.5. The quantitative estimate of drug-likeness (QED) is 0.558. The van der Waals surface area contributed by atoms with Crippen LogP contribution in [0.1, 0.15) is 10.7 Å². The third kappa shape index (κ3) is 3.23. The van der Waals surface area contributed by atoms with Gasteiger partial charge in [-0.1, -0.05) is 53.8 Å². The summed E-state index contributed by atoms with van der Waals surface area (Å²) in [6, 6.07) is 18.1. The Balaban J connectivity index is 1.60. The minimum absolute atomic E-state index is 0.611. The highest BCUT2D eigenvalue weighted by Crippen LogP contribution is 2.30. The SMILES string of the molecule is COc1cccc2c(NCc3nnc(-c4ccccc4)s3)cc(C)nc12. The summed E-state index contributed by atoms with van der Waals surface area (Å²) in [5.41, 5.74) is 3.90. The van der Waals surface area contributed by atoms with E-state index in [1.54, 1.807) is 18.4 Å². The van der Waals surface area contributed by atoms with Gasteiger partial charge in [-0.3, -0.25) is 0 Å². The molecule has 0 aliphatic carbocycles. The number of ether oxygens (including phenoxy) is 1. The molecule has 5 nitrogen and oxygen atoms in total. The predicted molar refractivity (Wildman–Crippen MR) is 106 cm³/mol. The molecule has 2 heterocycles. The summed E-state index contributed by atoms with van der Waals surface area (Å²) in [6.45, 7) is 2.59. The van der Waals surface area contributed by atoms with Crippen LogP contribution in [0.25, 0.3) is 21.5 Å². The minimum Gasteiger partial charge on any atom is -0.494 e. The van der Waals surface area contributed by atoms with E-state index >= 15 is 0 Å². The van der Waals surface area contributed by atoms with E-state index in [-0.39, 0.29) is 0 Å². The molecule has 0 aliphatic heterocycles. The number of rotatable bonds is 5. The summed E-state index contributed by atoms with van der Waals surface area (Å²) in [6.07, 6.45) is 0. The molecule has 2 aromatic carbocycles. The molecule has 0 amide bonds. The Morgan fingerprint density at radius 2 is 1.88 bits per heavy atom. The van der Waals surface area contributed by atoms with Crippen molar-refractivity contribution in [2.75, 3.05) is 12.4 Å². The fourth-order valence-electron chi connectivity index (χ4n) is 2.85. The lowest BCUT2D eigenvalue weighted by molar-refractivity contribution is 0.419. The molecule has 0 unspecified atom stereocenters. The highest BCUT2D eigenvalue weighted by atomic mass is 32.1. The molecule has 6 heteroatoms. The molecule has 0 aliphatic rings. The third-order valence-electron chi connectivity index (χ3n) is 4.07. The summed E-state index contributed by atoms with van der Waals surface area (Å²) in [7, 11) is 1.66. The van der Waals surface area contributed by atoms with Crippen molar-refractivity contribution in [3.63, 3.8) is 0 Å². The van der Waals surface area contributed by atoms with E-state index in [4.69, 9.17) is 4.74 Å². The lowest BCUT2D eigenvalue weighted by Gasteiger charge is -2.11. The van der Waals surface area contributed by atoms with E-state index in [9.17, 15) is 0 Å². The molecule has 4 aromatic rings. The average molecular weight is 362 g/mol. The van der Waals surface area contributed by atoms with Crippen LogP contribution in [-0.4, -0.2) is 22.3 Å². The van der Waals surface area contributed by atoms with Crippen LogP contribution in [0.4, 0.5) is 5.69 Å². The smallest absolute Gasteiger partial charge is 0.147 e. The van der Waals surface area contributed by atoms with Gasteiger partial charge < -0.3 is 10.1 Å². The molecule has 2 aromatic heterocycles. The normalized spacial score (nSPS) is 10.8. The minimum atomic E-state index is 0.611. The van der Waals surface area contributed by atoms with E-state index in [1.165, 1.54) is 0 Å². The van der Waals surface area contributed by atoms with Crippen LogP contribution in [0.15, 0.2) is 54.6 Å². The second-order valence-electron chi connectivity index (χ2n) is 5.89. The Hall–Kier alpha value is -2.99. The Morgan fingerprint density at radius 3 is 2.69 bits per heavy atom. The number of para-hydroxylation sites is 1. The standard InChI is InChI=1S/C20H18N4OS/c1-13-11-16(15-9-6-10-17(25-2)19(15)22-13)21-12-18-23-24-20(26-18)14-7-4-3-5-8-14/h3-11H,12H2,1-2H3,(H,21,22). The molecular weight excluding hydrogens is 344 g/mol. The fraction of sp³-hybridized carbons (Fsp3) is 0.150. The largest absolute Gasteiger partial charge is 0.494 e. The lowest BCUT2D eigenvalue weighted by atomic mass is 10.1. The van der Waals surface area contributed by atoms with Crippen molar-refractivity contribution >= 4 is 27.9 Å².